The van der Waals surface area contributed by atoms with E-state index in [1.807, 2.05) is 0 Å². The molecule has 0 nitrogen and oxygen atoms in total. The Morgan fingerprint density at radius 3 is 2.08 bits per heavy atom. The van der Waals surface area contributed by atoms with E-state index in [1.165, 1.54) is 38.5 Å². The SMILES string of the molecule is CCC(C)(C)C1(S)CCCCC1. The molecule has 0 heterocycles. The fraction of sp³-hybridized carbons (Fsp3) is 1.00. The van der Waals surface area contributed by atoms with Crippen LogP contribution in [0.4, 0.5) is 0 Å². The van der Waals surface area contributed by atoms with E-state index in [4.69, 9.17) is 12.6 Å². The largest absolute Gasteiger partial charge is 0.172 e. The number of hydrogen-bond acceptors (Lipinski definition) is 1. The molecule has 0 unspecified atom stereocenters. The van der Waals surface area contributed by atoms with Gasteiger partial charge in [0.05, 0.1) is 0 Å². The van der Waals surface area contributed by atoms with E-state index >= 15 is 0 Å². The summed E-state index contributed by atoms with van der Waals surface area (Å²) in [6.45, 7) is 7.02. The lowest BCUT2D eigenvalue weighted by molar-refractivity contribution is 0.190. The molecule has 1 saturated carbocycles. The Balaban J connectivity index is 2.68. The van der Waals surface area contributed by atoms with Gasteiger partial charge in [-0.05, 0) is 24.7 Å². The van der Waals surface area contributed by atoms with Crippen LogP contribution in [0.2, 0.25) is 0 Å². The first-order valence-electron chi connectivity index (χ1n) is 5.24. The summed E-state index contributed by atoms with van der Waals surface area (Å²) in [6, 6.07) is 0. The van der Waals surface area contributed by atoms with Gasteiger partial charge in [-0.15, -0.1) is 0 Å². The summed E-state index contributed by atoms with van der Waals surface area (Å²) in [4.78, 5) is 0. The summed E-state index contributed by atoms with van der Waals surface area (Å²) >= 11 is 4.91. The molecule has 0 radical (unpaired) electrons. The third-order valence-electron chi connectivity index (χ3n) is 3.82. The van der Waals surface area contributed by atoms with Crippen LogP contribution in [0.3, 0.4) is 0 Å². The second-order valence-electron chi connectivity index (χ2n) is 4.83. The van der Waals surface area contributed by atoms with Gasteiger partial charge >= 0.3 is 0 Å². The molecule has 0 N–H and O–H groups in total. The minimum atomic E-state index is 0.319. The molecule has 1 fully saturated rings. The molecule has 0 amide bonds. The Morgan fingerprint density at radius 1 is 1.17 bits per heavy atom. The third kappa shape index (κ3) is 1.81. The van der Waals surface area contributed by atoms with Gasteiger partial charge in [-0.25, -0.2) is 0 Å². The fourth-order valence-corrected chi connectivity index (χ4v) is 2.62. The van der Waals surface area contributed by atoms with Crippen LogP contribution in [-0.2, 0) is 0 Å². The van der Waals surface area contributed by atoms with Gasteiger partial charge in [0.1, 0.15) is 0 Å². The first-order chi connectivity index (χ1) is 5.52. The van der Waals surface area contributed by atoms with Crippen LogP contribution in [0.5, 0.6) is 0 Å². The number of hydrogen-bond donors (Lipinski definition) is 1. The second kappa shape index (κ2) is 3.61. The lowest BCUT2D eigenvalue weighted by atomic mass is 9.69. The first kappa shape index (κ1) is 10.4. The van der Waals surface area contributed by atoms with E-state index < -0.39 is 0 Å². The van der Waals surface area contributed by atoms with Crippen molar-refractivity contribution in [3.05, 3.63) is 0 Å². The molecule has 0 atom stereocenters. The average Bonchev–Trinajstić information content (AvgIpc) is 2.06. The highest BCUT2D eigenvalue weighted by Gasteiger charge is 2.40. The first-order valence-corrected chi connectivity index (χ1v) is 5.69. The number of thiol groups is 1. The molecule has 0 aliphatic heterocycles. The standard InChI is InChI=1S/C11H22S/c1-4-10(2,3)11(12)8-6-5-7-9-11/h12H,4-9H2,1-3H3. The zero-order valence-corrected chi connectivity index (χ0v) is 9.58. The summed E-state index contributed by atoms with van der Waals surface area (Å²) in [5.74, 6) is 0. The van der Waals surface area contributed by atoms with Crippen molar-refractivity contribution >= 4 is 12.6 Å². The highest BCUT2D eigenvalue weighted by atomic mass is 32.1. The molecule has 0 aromatic rings. The molecule has 1 rings (SSSR count). The van der Waals surface area contributed by atoms with Crippen LogP contribution in [0.1, 0.15) is 59.3 Å². The molecule has 0 aromatic heterocycles. The van der Waals surface area contributed by atoms with Gasteiger partial charge in [-0.2, -0.15) is 12.6 Å². The third-order valence-corrected chi connectivity index (χ3v) is 4.88. The van der Waals surface area contributed by atoms with Crippen molar-refractivity contribution in [3.63, 3.8) is 0 Å². The van der Waals surface area contributed by atoms with Crippen LogP contribution >= 0.6 is 12.6 Å². The van der Waals surface area contributed by atoms with Crippen LogP contribution in [0, 0.1) is 5.41 Å². The van der Waals surface area contributed by atoms with Gasteiger partial charge in [-0.1, -0.05) is 40.0 Å². The molecular weight excluding hydrogens is 164 g/mol. The zero-order valence-electron chi connectivity index (χ0n) is 8.69. The predicted molar refractivity (Wildman–Crippen MR) is 58.9 cm³/mol. The quantitative estimate of drug-likeness (QED) is 0.618. The zero-order chi connectivity index (χ0) is 9.24. The highest BCUT2D eigenvalue weighted by molar-refractivity contribution is 7.81. The van der Waals surface area contributed by atoms with Crippen molar-refractivity contribution in [1.29, 1.82) is 0 Å². The highest BCUT2D eigenvalue weighted by Crippen LogP contribution is 2.48. The van der Waals surface area contributed by atoms with Crippen molar-refractivity contribution in [2.24, 2.45) is 5.41 Å². The van der Waals surface area contributed by atoms with Gasteiger partial charge in [-0.3, -0.25) is 0 Å². The van der Waals surface area contributed by atoms with Crippen LogP contribution in [0.15, 0.2) is 0 Å². The Labute approximate surface area is 82.5 Å². The van der Waals surface area contributed by atoms with Crippen LogP contribution in [-0.4, -0.2) is 4.75 Å². The Bertz CT molecular complexity index is 143. The lowest BCUT2D eigenvalue weighted by Crippen LogP contribution is -2.40. The molecule has 0 saturated heterocycles. The topological polar surface area (TPSA) is 0 Å². The van der Waals surface area contributed by atoms with E-state index in [0.29, 0.717) is 10.2 Å². The minimum Gasteiger partial charge on any atom is -0.172 e. The second-order valence-corrected chi connectivity index (χ2v) is 5.69. The van der Waals surface area contributed by atoms with Crippen molar-refractivity contribution in [1.82, 2.24) is 0 Å². The summed E-state index contributed by atoms with van der Waals surface area (Å²) < 4.78 is 0.319. The molecule has 1 heteroatoms. The van der Waals surface area contributed by atoms with Gasteiger partial charge in [0.15, 0.2) is 0 Å². The molecule has 0 bridgehead atoms. The lowest BCUT2D eigenvalue weighted by Gasteiger charge is -2.45. The van der Waals surface area contributed by atoms with Crippen molar-refractivity contribution in [3.8, 4) is 0 Å². The average molecular weight is 186 g/mol. The molecule has 1 aliphatic rings. The number of rotatable bonds is 2. The molecule has 0 spiro atoms. The van der Waals surface area contributed by atoms with Crippen molar-refractivity contribution in [2.75, 3.05) is 0 Å². The Kier molecular flexibility index (Phi) is 3.14. The normalized spacial score (nSPS) is 24.0. The molecule has 12 heavy (non-hydrogen) atoms. The fourth-order valence-electron chi connectivity index (χ4n) is 2.14. The summed E-state index contributed by atoms with van der Waals surface area (Å²) in [6.07, 6.45) is 8.06. The minimum absolute atomic E-state index is 0.319. The van der Waals surface area contributed by atoms with E-state index in [2.05, 4.69) is 20.8 Å². The van der Waals surface area contributed by atoms with Crippen molar-refractivity contribution in [2.45, 2.75) is 64.0 Å². The van der Waals surface area contributed by atoms with E-state index in [9.17, 15) is 0 Å². The Morgan fingerprint density at radius 2 is 1.67 bits per heavy atom. The summed E-state index contributed by atoms with van der Waals surface area (Å²) in [7, 11) is 0. The molecular formula is C11H22S. The smallest absolute Gasteiger partial charge is 0.0180 e. The van der Waals surface area contributed by atoms with Crippen LogP contribution in [0.25, 0.3) is 0 Å². The van der Waals surface area contributed by atoms with Gasteiger partial charge < -0.3 is 0 Å². The maximum Gasteiger partial charge on any atom is 0.0180 e. The summed E-state index contributed by atoms with van der Waals surface area (Å²) in [5, 5.41) is 0. The maximum absolute atomic E-state index is 4.91. The molecule has 72 valence electrons. The van der Waals surface area contributed by atoms with Gasteiger partial charge in [0.25, 0.3) is 0 Å². The van der Waals surface area contributed by atoms with Gasteiger partial charge in [0, 0.05) is 4.75 Å². The van der Waals surface area contributed by atoms with E-state index in [0.717, 1.165) is 0 Å². The Hall–Kier alpha value is 0.350. The molecule has 1 aliphatic carbocycles. The van der Waals surface area contributed by atoms with Gasteiger partial charge in [0.2, 0.25) is 0 Å². The summed E-state index contributed by atoms with van der Waals surface area (Å²) in [5.41, 5.74) is 0.413. The predicted octanol–water partition coefficient (Wildman–Crippen LogP) is 4.06. The molecule has 0 aromatic carbocycles. The van der Waals surface area contributed by atoms with E-state index in [1.54, 1.807) is 0 Å². The maximum atomic E-state index is 4.91. The van der Waals surface area contributed by atoms with Crippen molar-refractivity contribution < 1.29 is 0 Å². The monoisotopic (exact) mass is 186 g/mol. The van der Waals surface area contributed by atoms with Crippen LogP contribution < -0.4 is 0 Å². The van der Waals surface area contributed by atoms with E-state index in [-0.39, 0.29) is 0 Å².